The molecule has 3 heterocycles. The van der Waals surface area contributed by atoms with Gasteiger partial charge in [-0.2, -0.15) is 5.10 Å². The van der Waals surface area contributed by atoms with Crippen molar-refractivity contribution in [1.82, 2.24) is 19.3 Å². The third-order valence-corrected chi connectivity index (χ3v) is 7.37. The number of pyridine rings is 1. The van der Waals surface area contributed by atoms with Crippen molar-refractivity contribution in [3.63, 3.8) is 0 Å². The molecule has 5 aromatic rings. The fourth-order valence-electron chi connectivity index (χ4n) is 4.13. The number of hydrogen-bond acceptors (Lipinski definition) is 5. The van der Waals surface area contributed by atoms with Crippen molar-refractivity contribution in [3.8, 4) is 5.69 Å². The highest BCUT2D eigenvalue weighted by molar-refractivity contribution is 7.92. The average molecular weight is 507 g/mol. The fourth-order valence-corrected chi connectivity index (χ4v) is 5.62. The largest absolute Gasteiger partial charge is 0.342 e. The van der Waals surface area contributed by atoms with Crippen LogP contribution >= 0.6 is 0 Å². The number of rotatable bonds is 8. The van der Waals surface area contributed by atoms with Crippen molar-refractivity contribution in [2.24, 2.45) is 0 Å². The van der Waals surface area contributed by atoms with E-state index in [0.717, 1.165) is 17.3 Å². The summed E-state index contributed by atoms with van der Waals surface area (Å²) in [5, 5.41) is 3.95. The second kappa shape index (κ2) is 9.46. The van der Waals surface area contributed by atoms with E-state index in [-0.39, 0.29) is 28.8 Å². The summed E-state index contributed by atoms with van der Waals surface area (Å²) >= 11 is 0. The summed E-state index contributed by atoms with van der Waals surface area (Å²) in [6, 6.07) is 15.8. The Bertz CT molecular complexity index is 1660. The van der Waals surface area contributed by atoms with E-state index in [4.69, 9.17) is 0 Å². The summed E-state index contributed by atoms with van der Waals surface area (Å²) in [5.74, 6) is -3.25. The number of hydrogen-bond donors (Lipinski definition) is 0. The molecule has 0 unspecified atom stereocenters. The maximum Gasteiger partial charge on any atom is 0.187 e. The van der Waals surface area contributed by atoms with E-state index >= 15 is 0 Å². The molecule has 0 amide bonds. The number of sulfone groups is 1. The summed E-state index contributed by atoms with van der Waals surface area (Å²) in [6.07, 6.45) is 6.02. The van der Waals surface area contributed by atoms with E-state index in [0.29, 0.717) is 11.8 Å². The monoisotopic (exact) mass is 506 g/mol. The van der Waals surface area contributed by atoms with Crippen LogP contribution in [0.4, 0.5) is 8.78 Å². The van der Waals surface area contributed by atoms with Gasteiger partial charge in [0.2, 0.25) is 0 Å². The SMILES string of the molecule is O=C(Cc1ccccn1)CS(=O)(=O)c1cn(Cc2cccc(-n3cccn3)c2)c2cc(F)cc(F)c12. The number of carbonyl (C=O) groups is 1. The van der Waals surface area contributed by atoms with Gasteiger partial charge < -0.3 is 4.57 Å². The molecule has 0 bridgehead atoms. The summed E-state index contributed by atoms with van der Waals surface area (Å²) < 4.78 is 58.7. The van der Waals surface area contributed by atoms with Gasteiger partial charge in [-0.15, -0.1) is 0 Å². The molecule has 182 valence electrons. The molecule has 0 N–H and O–H groups in total. The number of benzene rings is 2. The number of fused-ring (bicyclic) bond motifs is 1. The number of nitrogens with zero attached hydrogens (tertiary/aromatic N) is 4. The zero-order valence-corrected chi connectivity index (χ0v) is 19.7. The predicted molar refractivity (Wildman–Crippen MR) is 130 cm³/mol. The van der Waals surface area contributed by atoms with Crippen molar-refractivity contribution >= 4 is 26.5 Å². The molecule has 0 saturated heterocycles. The van der Waals surface area contributed by atoms with E-state index in [2.05, 4.69) is 10.1 Å². The summed E-state index contributed by atoms with van der Waals surface area (Å²) in [6.45, 7) is 0.145. The van der Waals surface area contributed by atoms with Crippen molar-refractivity contribution in [1.29, 1.82) is 0 Å². The lowest BCUT2D eigenvalue weighted by Gasteiger charge is -2.08. The second-order valence-corrected chi connectivity index (χ2v) is 10.3. The smallest absolute Gasteiger partial charge is 0.187 e. The summed E-state index contributed by atoms with van der Waals surface area (Å²) in [7, 11) is -4.23. The van der Waals surface area contributed by atoms with Crippen LogP contribution < -0.4 is 0 Å². The third-order valence-electron chi connectivity index (χ3n) is 5.69. The predicted octanol–water partition coefficient (Wildman–Crippen LogP) is 4.13. The molecule has 0 aliphatic carbocycles. The quantitative estimate of drug-likeness (QED) is 0.316. The molecule has 10 heteroatoms. The van der Waals surface area contributed by atoms with Crippen LogP contribution in [0.1, 0.15) is 11.3 Å². The number of ketones is 1. The minimum absolute atomic E-state index is 0.0766. The van der Waals surface area contributed by atoms with Crippen LogP contribution in [0, 0.1) is 11.6 Å². The van der Waals surface area contributed by atoms with E-state index in [1.807, 2.05) is 24.3 Å². The maximum atomic E-state index is 14.9. The van der Waals surface area contributed by atoms with Gasteiger partial charge in [0.25, 0.3) is 0 Å². The van der Waals surface area contributed by atoms with E-state index in [9.17, 15) is 22.0 Å². The van der Waals surface area contributed by atoms with Crippen molar-refractivity contribution in [2.75, 3.05) is 5.75 Å². The molecule has 36 heavy (non-hydrogen) atoms. The minimum Gasteiger partial charge on any atom is -0.342 e. The first-order chi connectivity index (χ1) is 17.3. The van der Waals surface area contributed by atoms with Gasteiger partial charge >= 0.3 is 0 Å². The minimum atomic E-state index is -4.23. The molecule has 0 spiro atoms. The molecular formula is C26H20F2N4O3S. The Labute approximate surface area is 205 Å². The van der Waals surface area contributed by atoms with E-state index in [1.54, 1.807) is 41.3 Å². The number of Topliss-reactive ketones (excluding diaryl/α,β-unsaturated/α-hetero) is 1. The van der Waals surface area contributed by atoms with Crippen LogP contribution in [-0.4, -0.2) is 39.3 Å². The van der Waals surface area contributed by atoms with Gasteiger partial charge in [0.15, 0.2) is 15.6 Å². The topological polar surface area (TPSA) is 86.9 Å². The van der Waals surface area contributed by atoms with Crippen LogP contribution in [0.5, 0.6) is 0 Å². The van der Waals surface area contributed by atoms with Gasteiger partial charge in [-0.1, -0.05) is 18.2 Å². The van der Waals surface area contributed by atoms with E-state index in [1.165, 1.54) is 17.0 Å². The Hall–Kier alpha value is -4.18. The van der Waals surface area contributed by atoms with Gasteiger partial charge in [0.1, 0.15) is 17.4 Å². The van der Waals surface area contributed by atoms with Gasteiger partial charge in [-0.3, -0.25) is 9.78 Å². The highest BCUT2D eigenvalue weighted by Crippen LogP contribution is 2.31. The van der Waals surface area contributed by atoms with Gasteiger partial charge in [0.05, 0.1) is 21.5 Å². The van der Waals surface area contributed by atoms with E-state index < -0.39 is 33.0 Å². The Morgan fingerprint density at radius 3 is 2.58 bits per heavy atom. The van der Waals surface area contributed by atoms with Gasteiger partial charge in [-0.05, 0) is 42.0 Å². The van der Waals surface area contributed by atoms with Crippen molar-refractivity contribution in [2.45, 2.75) is 17.9 Å². The Kier molecular flexibility index (Phi) is 6.19. The molecule has 0 saturated carbocycles. The molecule has 0 radical (unpaired) electrons. The molecular weight excluding hydrogens is 486 g/mol. The van der Waals surface area contributed by atoms with Crippen LogP contribution in [0.3, 0.4) is 0 Å². The molecule has 0 fully saturated rings. The molecule has 0 aliphatic heterocycles. The Morgan fingerprint density at radius 1 is 0.972 bits per heavy atom. The van der Waals surface area contributed by atoms with Crippen LogP contribution in [0.15, 0.2) is 90.3 Å². The van der Waals surface area contributed by atoms with Crippen LogP contribution in [0.2, 0.25) is 0 Å². The zero-order valence-electron chi connectivity index (χ0n) is 18.9. The van der Waals surface area contributed by atoms with Crippen LogP contribution in [-0.2, 0) is 27.6 Å². The lowest BCUT2D eigenvalue weighted by atomic mass is 10.2. The molecule has 0 aliphatic rings. The lowest BCUT2D eigenvalue weighted by molar-refractivity contribution is -0.116. The number of halogens is 2. The van der Waals surface area contributed by atoms with Crippen molar-refractivity contribution < 1.29 is 22.0 Å². The highest BCUT2D eigenvalue weighted by Gasteiger charge is 2.27. The Morgan fingerprint density at radius 2 is 1.83 bits per heavy atom. The zero-order chi connectivity index (χ0) is 25.3. The number of aromatic nitrogens is 4. The second-order valence-electron chi connectivity index (χ2n) is 8.32. The summed E-state index contributed by atoms with van der Waals surface area (Å²) in [5.41, 5.74) is 2.05. The summed E-state index contributed by atoms with van der Waals surface area (Å²) in [4.78, 5) is 16.2. The van der Waals surface area contributed by atoms with Crippen molar-refractivity contribution in [3.05, 3.63) is 108 Å². The average Bonchev–Trinajstić information content (AvgIpc) is 3.49. The molecule has 7 nitrogen and oxygen atoms in total. The maximum absolute atomic E-state index is 14.9. The molecule has 0 atom stereocenters. The Balaban J connectivity index is 1.51. The lowest BCUT2D eigenvalue weighted by Crippen LogP contribution is -2.18. The molecule has 3 aromatic heterocycles. The van der Waals surface area contributed by atoms with Gasteiger partial charge in [0, 0.05) is 49.5 Å². The first-order valence-corrected chi connectivity index (χ1v) is 12.7. The standard InChI is InChI=1S/C26H20F2N4O3S/c27-19-12-23(28)26-24(13-19)31(15-18-5-3-7-21(11-18)32-10-4-9-30-32)16-25(26)36(34,35)17-22(33)14-20-6-1-2-8-29-20/h1-13,16H,14-15,17H2. The molecule has 5 rings (SSSR count). The highest BCUT2D eigenvalue weighted by atomic mass is 32.2. The van der Waals surface area contributed by atoms with Crippen LogP contribution in [0.25, 0.3) is 16.6 Å². The number of carbonyl (C=O) groups excluding carboxylic acids is 1. The van der Waals surface area contributed by atoms with Gasteiger partial charge in [-0.25, -0.2) is 21.9 Å². The first kappa shape index (κ1) is 23.6. The molecule has 2 aromatic carbocycles. The fraction of sp³-hybridized carbons (Fsp3) is 0.115. The first-order valence-electron chi connectivity index (χ1n) is 11.0. The third kappa shape index (κ3) is 4.80. The normalized spacial score (nSPS) is 11.7.